The molecule has 9 heteroatoms. The summed E-state index contributed by atoms with van der Waals surface area (Å²) in [5.41, 5.74) is 0.157. The molecule has 0 bridgehead atoms. The smallest absolute Gasteiger partial charge is 0.270 e. The molecular weight excluding hydrogens is 350 g/mol. The molecule has 0 atom stereocenters. The minimum Gasteiger partial charge on any atom is -0.342 e. The fraction of sp³-hybridized carbons (Fsp3) is 0.400. The third-order valence-electron chi connectivity index (χ3n) is 3.07. The number of nitrogens with zero attached hydrogens (tertiary/aromatic N) is 3. The van der Waals surface area contributed by atoms with Gasteiger partial charge < -0.3 is 5.32 Å². The standard InChI is InChI=1S/C15H18ClN5O2S/c1-2-3-4-5-13-20-21-15(24-13)19-12(22)9-18-14(23)11-8-10(16)6-7-17-11/h6-8H,2-5,9H2,1H3,(H,18,23)(H,19,21,22). The molecule has 24 heavy (non-hydrogen) atoms. The first-order chi connectivity index (χ1) is 11.6. The zero-order valence-electron chi connectivity index (χ0n) is 13.2. The van der Waals surface area contributed by atoms with Crippen molar-refractivity contribution in [1.82, 2.24) is 20.5 Å². The van der Waals surface area contributed by atoms with E-state index in [9.17, 15) is 9.59 Å². The second-order valence-electron chi connectivity index (χ2n) is 5.05. The van der Waals surface area contributed by atoms with Crippen molar-refractivity contribution in [2.24, 2.45) is 0 Å². The van der Waals surface area contributed by atoms with Crippen molar-refractivity contribution >= 4 is 39.9 Å². The Morgan fingerprint density at radius 2 is 2.12 bits per heavy atom. The Morgan fingerprint density at radius 3 is 2.88 bits per heavy atom. The number of aromatic nitrogens is 3. The highest BCUT2D eigenvalue weighted by Crippen LogP contribution is 2.17. The SMILES string of the molecule is CCCCCc1nnc(NC(=O)CNC(=O)c2cc(Cl)ccn2)s1. The molecule has 0 aliphatic heterocycles. The first-order valence-electron chi connectivity index (χ1n) is 7.60. The minimum absolute atomic E-state index is 0.157. The Hall–Kier alpha value is -2.06. The molecule has 0 saturated heterocycles. The number of halogens is 1. The number of unbranched alkanes of at least 4 members (excludes halogenated alkanes) is 2. The van der Waals surface area contributed by atoms with E-state index in [1.165, 1.54) is 23.6 Å². The Kier molecular flexibility index (Phi) is 7.07. The lowest BCUT2D eigenvalue weighted by Gasteiger charge is -2.04. The number of carbonyl (C=O) groups is 2. The highest BCUT2D eigenvalue weighted by molar-refractivity contribution is 7.15. The molecule has 7 nitrogen and oxygen atoms in total. The van der Waals surface area contributed by atoms with Gasteiger partial charge in [0.25, 0.3) is 5.91 Å². The molecule has 128 valence electrons. The summed E-state index contributed by atoms with van der Waals surface area (Å²) >= 11 is 7.14. The van der Waals surface area contributed by atoms with Crippen LogP contribution in [-0.4, -0.2) is 33.5 Å². The number of anilines is 1. The molecule has 2 rings (SSSR count). The molecule has 2 heterocycles. The zero-order valence-corrected chi connectivity index (χ0v) is 14.8. The van der Waals surface area contributed by atoms with Crippen LogP contribution in [0.15, 0.2) is 18.3 Å². The van der Waals surface area contributed by atoms with Crippen molar-refractivity contribution < 1.29 is 9.59 Å². The summed E-state index contributed by atoms with van der Waals surface area (Å²) in [5, 5.41) is 14.8. The molecule has 2 aromatic rings. The van der Waals surface area contributed by atoms with E-state index in [2.05, 4.69) is 32.7 Å². The highest BCUT2D eigenvalue weighted by atomic mass is 35.5. The average Bonchev–Trinajstić information content (AvgIpc) is 3.00. The number of rotatable bonds is 8. The summed E-state index contributed by atoms with van der Waals surface area (Å²) in [4.78, 5) is 27.6. The van der Waals surface area contributed by atoms with Crippen molar-refractivity contribution in [1.29, 1.82) is 0 Å². The maximum Gasteiger partial charge on any atom is 0.270 e. The molecule has 0 unspecified atom stereocenters. The van der Waals surface area contributed by atoms with Crippen LogP contribution in [0.5, 0.6) is 0 Å². The van der Waals surface area contributed by atoms with Gasteiger partial charge >= 0.3 is 0 Å². The monoisotopic (exact) mass is 367 g/mol. The number of amides is 2. The van der Waals surface area contributed by atoms with E-state index in [1.54, 1.807) is 6.07 Å². The summed E-state index contributed by atoms with van der Waals surface area (Å²) in [7, 11) is 0. The van der Waals surface area contributed by atoms with Crippen molar-refractivity contribution in [2.75, 3.05) is 11.9 Å². The predicted molar refractivity (Wildman–Crippen MR) is 93.3 cm³/mol. The van der Waals surface area contributed by atoms with Gasteiger partial charge in [0, 0.05) is 17.6 Å². The number of aryl methyl sites for hydroxylation is 1. The number of pyridine rings is 1. The number of hydrogen-bond donors (Lipinski definition) is 2. The topological polar surface area (TPSA) is 96.9 Å². The molecule has 2 amide bonds. The minimum atomic E-state index is -0.467. The molecule has 0 aromatic carbocycles. The Morgan fingerprint density at radius 1 is 1.29 bits per heavy atom. The van der Waals surface area contributed by atoms with Crippen LogP contribution in [0.2, 0.25) is 5.02 Å². The third kappa shape index (κ3) is 5.86. The molecular formula is C15H18ClN5O2S. The lowest BCUT2D eigenvalue weighted by Crippen LogP contribution is -2.33. The van der Waals surface area contributed by atoms with Gasteiger partial charge in [0.2, 0.25) is 11.0 Å². The number of nitrogens with one attached hydrogen (secondary N) is 2. The number of hydrogen-bond acceptors (Lipinski definition) is 6. The van der Waals surface area contributed by atoms with Crippen LogP contribution < -0.4 is 10.6 Å². The van der Waals surface area contributed by atoms with Crippen molar-refractivity contribution in [3.8, 4) is 0 Å². The molecule has 0 aliphatic carbocycles. The Balaban J connectivity index is 1.78. The summed E-state index contributed by atoms with van der Waals surface area (Å²) in [5.74, 6) is -0.841. The van der Waals surface area contributed by atoms with E-state index in [-0.39, 0.29) is 18.1 Å². The van der Waals surface area contributed by atoms with E-state index >= 15 is 0 Å². The van der Waals surface area contributed by atoms with Gasteiger partial charge in [-0.05, 0) is 18.6 Å². The molecule has 0 fully saturated rings. The second kappa shape index (κ2) is 9.29. The van der Waals surface area contributed by atoms with Gasteiger partial charge in [-0.3, -0.25) is 19.9 Å². The van der Waals surface area contributed by atoms with Crippen molar-refractivity contribution in [2.45, 2.75) is 32.6 Å². The largest absolute Gasteiger partial charge is 0.342 e. The summed E-state index contributed by atoms with van der Waals surface area (Å²) < 4.78 is 0. The first-order valence-corrected chi connectivity index (χ1v) is 8.80. The van der Waals surface area contributed by atoms with Gasteiger partial charge in [-0.1, -0.05) is 42.7 Å². The van der Waals surface area contributed by atoms with Crippen LogP contribution in [0.4, 0.5) is 5.13 Å². The molecule has 2 aromatic heterocycles. The zero-order chi connectivity index (χ0) is 17.4. The van der Waals surface area contributed by atoms with Crippen LogP contribution in [-0.2, 0) is 11.2 Å². The van der Waals surface area contributed by atoms with Crippen LogP contribution in [0.3, 0.4) is 0 Å². The average molecular weight is 368 g/mol. The molecule has 0 radical (unpaired) electrons. The quantitative estimate of drug-likeness (QED) is 0.699. The highest BCUT2D eigenvalue weighted by Gasteiger charge is 2.12. The third-order valence-corrected chi connectivity index (χ3v) is 4.21. The van der Waals surface area contributed by atoms with E-state index in [4.69, 9.17) is 11.6 Å². The van der Waals surface area contributed by atoms with Crippen LogP contribution in [0.25, 0.3) is 0 Å². The van der Waals surface area contributed by atoms with Crippen LogP contribution >= 0.6 is 22.9 Å². The molecule has 2 N–H and O–H groups in total. The fourth-order valence-electron chi connectivity index (χ4n) is 1.87. The Labute approximate surface area is 148 Å². The lowest BCUT2D eigenvalue weighted by atomic mass is 10.2. The van der Waals surface area contributed by atoms with Crippen molar-refractivity contribution in [3.05, 3.63) is 34.1 Å². The first kappa shape index (κ1) is 18.3. The van der Waals surface area contributed by atoms with Gasteiger partial charge in [0.15, 0.2) is 0 Å². The lowest BCUT2D eigenvalue weighted by molar-refractivity contribution is -0.115. The maximum atomic E-state index is 11.9. The van der Waals surface area contributed by atoms with E-state index in [0.717, 1.165) is 30.7 Å². The summed E-state index contributed by atoms with van der Waals surface area (Å²) in [6.45, 7) is 1.96. The Bertz CT molecular complexity index is 707. The van der Waals surface area contributed by atoms with Crippen molar-refractivity contribution in [3.63, 3.8) is 0 Å². The predicted octanol–water partition coefficient (Wildman–Crippen LogP) is 2.69. The van der Waals surface area contributed by atoms with Gasteiger partial charge in [0.1, 0.15) is 10.7 Å². The maximum absolute atomic E-state index is 11.9. The molecule has 0 aliphatic rings. The molecule has 0 saturated carbocycles. The van der Waals surface area contributed by atoms with E-state index < -0.39 is 5.91 Å². The summed E-state index contributed by atoms with van der Waals surface area (Å²) in [6, 6.07) is 3.00. The van der Waals surface area contributed by atoms with Gasteiger partial charge in [0.05, 0.1) is 6.54 Å². The van der Waals surface area contributed by atoms with E-state index in [1.807, 2.05) is 0 Å². The van der Waals surface area contributed by atoms with Gasteiger partial charge in [-0.2, -0.15) is 0 Å². The second-order valence-corrected chi connectivity index (χ2v) is 6.55. The van der Waals surface area contributed by atoms with Gasteiger partial charge in [-0.15, -0.1) is 10.2 Å². The normalized spacial score (nSPS) is 10.4. The molecule has 0 spiro atoms. The van der Waals surface area contributed by atoms with Crippen LogP contribution in [0, 0.1) is 0 Å². The summed E-state index contributed by atoms with van der Waals surface area (Å²) in [6.07, 6.45) is 5.63. The fourth-order valence-corrected chi connectivity index (χ4v) is 2.83. The van der Waals surface area contributed by atoms with E-state index in [0.29, 0.717) is 10.2 Å². The number of carbonyl (C=O) groups excluding carboxylic acids is 2. The van der Waals surface area contributed by atoms with Gasteiger partial charge in [-0.25, -0.2) is 0 Å². The van der Waals surface area contributed by atoms with Crippen LogP contribution in [0.1, 0.15) is 41.7 Å².